The van der Waals surface area contributed by atoms with E-state index in [2.05, 4.69) is 22.3 Å². The molecule has 0 bridgehead atoms. The predicted octanol–water partition coefficient (Wildman–Crippen LogP) is 5.01. The van der Waals surface area contributed by atoms with Crippen molar-refractivity contribution >= 4 is 34.5 Å². The molecule has 0 aliphatic carbocycles. The first-order valence-electron chi connectivity index (χ1n) is 11.6. The van der Waals surface area contributed by atoms with Crippen LogP contribution in [0.4, 0.5) is 11.4 Å². The fourth-order valence-electron chi connectivity index (χ4n) is 4.58. The molecule has 4 aromatic rings. The summed E-state index contributed by atoms with van der Waals surface area (Å²) in [6.45, 7) is 1.47. The third kappa shape index (κ3) is 4.83. The van der Waals surface area contributed by atoms with E-state index in [1.807, 2.05) is 47.1 Å². The Hall–Kier alpha value is -3.55. The highest BCUT2D eigenvalue weighted by Crippen LogP contribution is 2.34. The number of anilines is 2. The molecular formula is C27H27ClN4O3. The van der Waals surface area contributed by atoms with E-state index in [1.165, 1.54) is 0 Å². The molecule has 1 aliphatic heterocycles. The number of aliphatic hydroxyl groups excluding tert-OH is 1. The van der Waals surface area contributed by atoms with Crippen molar-refractivity contribution in [3.05, 3.63) is 77.6 Å². The summed E-state index contributed by atoms with van der Waals surface area (Å²) in [5.41, 5.74) is 4.92. The van der Waals surface area contributed by atoms with Crippen molar-refractivity contribution in [1.82, 2.24) is 9.38 Å². The number of rotatable bonds is 6. The lowest BCUT2D eigenvalue weighted by Crippen LogP contribution is -2.38. The molecule has 0 unspecified atom stereocenters. The average Bonchev–Trinajstić information content (AvgIpc) is 3.32. The van der Waals surface area contributed by atoms with Gasteiger partial charge in [0.2, 0.25) is 5.91 Å². The zero-order valence-electron chi connectivity index (χ0n) is 19.4. The fourth-order valence-corrected chi connectivity index (χ4v) is 4.83. The van der Waals surface area contributed by atoms with Crippen LogP contribution in [-0.2, 0) is 11.4 Å². The van der Waals surface area contributed by atoms with E-state index < -0.39 is 0 Å². The van der Waals surface area contributed by atoms with Gasteiger partial charge >= 0.3 is 0 Å². The van der Waals surface area contributed by atoms with Crippen molar-refractivity contribution in [3.63, 3.8) is 0 Å². The van der Waals surface area contributed by atoms with Gasteiger partial charge in [-0.1, -0.05) is 29.8 Å². The van der Waals surface area contributed by atoms with Crippen LogP contribution in [0.5, 0.6) is 5.75 Å². The second kappa shape index (κ2) is 9.98. The van der Waals surface area contributed by atoms with Crippen LogP contribution in [0.1, 0.15) is 18.4 Å². The molecular weight excluding hydrogens is 464 g/mol. The van der Waals surface area contributed by atoms with E-state index in [-0.39, 0.29) is 18.4 Å². The highest BCUT2D eigenvalue weighted by Gasteiger charge is 2.25. The quantitative estimate of drug-likeness (QED) is 0.397. The van der Waals surface area contributed by atoms with E-state index in [0.29, 0.717) is 16.3 Å². The maximum absolute atomic E-state index is 12.7. The largest absolute Gasteiger partial charge is 0.495 e. The number of halogens is 1. The summed E-state index contributed by atoms with van der Waals surface area (Å²) in [5.74, 6) is 0.610. The number of aliphatic hydroxyl groups is 1. The number of amides is 1. The number of hydrogen-bond donors (Lipinski definition) is 2. The van der Waals surface area contributed by atoms with Crippen molar-refractivity contribution in [1.29, 1.82) is 0 Å². The van der Waals surface area contributed by atoms with Crippen molar-refractivity contribution in [2.24, 2.45) is 5.92 Å². The number of piperidine rings is 1. The van der Waals surface area contributed by atoms with Gasteiger partial charge in [0.05, 0.1) is 24.4 Å². The molecule has 0 radical (unpaired) electrons. The maximum atomic E-state index is 12.7. The number of nitrogens with one attached hydrogen (secondary N) is 1. The smallest absolute Gasteiger partial charge is 0.227 e. The minimum absolute atomic E-state index is 0.00457. The van der Waals surface area contributed by atoms with Gasteiger partial charge in [0.1, 0.15) is 11.4 Å². The molecule has 1 fully saturated rings. The average molecular weight is 491 g/mol. The fraction of sp³-hybridized carbons (Fsp3) is 0.259. The van der Waals surface area contributed by atoms with Gasteiger partial charge in [-0.25, -0.2) is 4.98 Å². The minimum Gasteiger partial charge on any atom is -0.495 e. The summed E-state index contributed by atoms with van der Waals surface area (Å²) in [5, 5.41) is 13.3. The number of methoxy groups -OCH3 is 1. The summed E-state index contributed by atoms with van der Waals surface area (Å²) < 4.78 is 7.23. The summed E-state index contributed by atoms with van der Waals surface area (Å²) in [6, 6.07) is 17.2. The van der Waals surface area contributed by atoms with Crippen LogP contribution in [0.15, 0.2) is 67.0 Å². The molecule has 3 heterocycles. The third-order valence-corrected chi connectivity index (χ3v) is 6.84. The standard InChI is InChI=1S/C27H27ClN4O3/c1-35-25-13-19(17-33)22(15-23(25)28)24-16-32-12-9-21(14-26(32)30-24)31-10-7-18(8-11-31)27(34)29-20-5-3-2-4-6-20/h2-6,9,12-16,18,33H,7-8,10-11,17H2,1H3,(H,29,34). The Morgan fingerprint density at radius 2 is 1.94 bits per heavy atom. The van der Waals surface area contributed by atoms with E-state index in [1.54, 1.807) is 19.2 Å². The van der Waals surface area contributed by atoms with Gasteiger partial charge in [0.15, 0.2) is 0 Å². The number of imidazole rings is 1. The molecule has 2 aromatic carbocycles. The zero-order chi connectivity index (χ0) is 24.4. The number of carbonyl (C=O) groups is 1. The number of fused-ring (bicyclic) bond motifs is 1. The van der Waals surface area contributed by atoms with E-state index in [4.69, 9.17) is 21.3 Å². The molecule has 2 N–H and O–H groups in total. The van der Waals surface area contributed by atoms with Gasteiger partial charge in [0, 0.05) is 54.4 Å². The van der Waals surface area contributed by atoms with Crippen LogP contribution in [0.3, 0.4) is 0 Å². The first kappa shape index (κ1) is 23.2. The number of hydrogen-bond acceptors (Lipinski definition) is 5. The van der Waals surface area contributed by atoms with Crippen molar-refractivity contribution in [2.75, 3.05) is 30.4 Å². The Morgan fingerprint density at radius 3 is 2.66 bits per heavy atom. The molecule has 0 saturated carbocycles. The Labute approximate surface area is 208 Å². The van der Waals surface area contributed by atoms with Gasteiger partial charge < -0.3 is 24.5 Å². The number of ether oxygens (including phenoxy) is 1. The Kier molecular flexibility index (Phi) is 6.61. The molecule has 0 spiro atoms. The summed E-state index contributed by atoms with van der Waals surface area (Å²) in [4.78, 5) is 19.8. The highest BCUT2D eigenvalue weighted by molar-refractivity contribution is 6.32. The topological polar surface area (TPSA) is 79.1 Å². The molecule has 180 valence electrons. The van der Waals surface area contributed by atoms with Gasteiger partial charge in [0.25, 0.3) is 0 Å². The van der Waals surface area contributed by atoms with E-state index >= 15 is 0 Å². The molecule has 7 nitrogen and oxygen atoms in total. The van der Waals surface area contributed by atoms with Gasteiger partial charge in [-0.3, -0.25) is 4.79 Å². The van der Waals surface area contributed by atoms with Crippen LogP contribution < -0.4 is 15.0 Å². The normalized spacial score (nSPS) is 14.3. The molecule has 1 aliphatic rings. The number of benzene rings is 2. The third-order valence-electron chi connectivity index (χ3n) is 6.54. The number of aromatic nitrogens is 2. The van der Waals surface area contributed by atoms with Gasteiger partial charge in [-0.05, 0) is 48.7 Å². The first-order valence-corrected chi connectivity index (χ1v) is 12.0. The van der Waals surface area contributed by atoms with Crippen LogP contribution in [0.25, 0.3) is 16.9 Å². The molecule has 0 atom stereocenters. The molecule has 8 heteroatoms. The van der Waals surface area contributed by atoms with Crippen molar-refractivity contribution in [2.45, 2.75) is 19.4 Å². The number of carbonyl (C=O) groups excluding carboxylic acids is 1. The Bertz CT molecular complexity index is 1350. The molecule has 5 rings (SSSR count). The Morgan fingerprint density at radius 1 is 1.17 bits per heavy atom. The van der Waals surface area contributed by atoms with E-state index in [9.17, 15) is 9.90 Å². The first-order chi connectivity index (χ1) is 17.1. The predicted molar refractivity (Wildman–Crippen MR) is 138 cm³/mol. The number of nitrogens with zero attached hydrogens (tertiary/aromatic N) is 3. The zero-order valence-corrected chi connectivity index (χ0v) is 20.2. The minimum atomic E-state index is -0.144. The second-order valence-electron chi connectivity index (χ2n) is 8.70. The molecule has 1 saturated heterocycles. The monoisotopic (exact) mass is 490 g/mol. The highest BCUT2D eigenvalue weighted by atomic mass is 35.5. The number of pyridine rings is 1. The lowest BCUT2D eigenvalue weighted by Gasteiger charge is -2.33. The summed E-state index contributed by atoms with van der Waals surface area (Å²) >= 11 is 6.34. The lowest BCUT2D eigenvalue weighted by atomic mass is 9.95. The molecule has 1 amide bonds. The second-order valence-corrected chi connectivity index (χ2v) is 9.10. The van der Waals surface area contributed by atoms with Crippen LogP contribution in [-0.4, -0.2) is 40.6 Å². The Balaban J connectivity index is 1.31. The SMILES string of the molecule is COc1cc(CO)c(-c2cn3ccc(N4CCC(C(=O)Nc5ccccc5)CC4)cc3n2)cc1Cl. The molecule has 35 heavy (non-hydrogen) atoms. The van der Waals surface area contributed by atoms with Crippen LogP contribution in [0, 0.1) is 5.92 Å². The van der Waals surface area contributed by atoms with Crippen LogP contribution >= 0.6 is 11.6 Å². The maximum Gasteiger partial charge on any atom is 0.227 e. The molecule has 2 aromatic heterocycles. The van der Waals surface area contributed by atoms with E-state index in [0.717, 1.165) is 54.2 Å². The van der Waals surface area contributed by atoms with Gasteiger partial charge in [-0.2, -0.15) is 0 Å². The summed E-state index contributed by atoms with van der Waals surface area (Å²) in [7, 11) is 1.55. The lowest BCUT2D eigenvalue weighted by molar-refractivity contribution is -0.120. The summed E-state index contributed by atoms with van der Waals surface area (Å²) in [6.07, 6.45) is 5.51. The van der Waals surface area contributed by atoms with Gasteiger partial charge in [-0.15, -0.1) is 0 Å². The number of para-hydroxylation sites is 1. The van der Waals surface area contributed by atoms with Crippen molar-refractivity contribution < 1.29 is 14.6 Å². The van der Waals surface area contributed by atoms with Crippen LogP contribution in [0.2, 0.25) is 5.02 Å². The van der Waals surface area contributed by atoms with Crippen molar-refractivity contribution in [3.8, 4) is 17.0 Å².